The number of benzene rings is 1. The van der Waals surface area contributed by atoms with E-state index < -0.39 is 33.9 Å². The van der Waals surface area contributed by atoms with Gasteiger partial charge < -0.3 is 14.5 Å². The third-order valence-corrected chi connectivity index (χ3v) is 8.85. The summed E-state index contributed by atoms with van der Waals surface area (Å²) >= 11 is 0. The Morgan fingerprint density at radius 1 is 1.26 bits per heavy atom. The maximum atomic E-state index is 14.8. The average molecular weight is 546 g/mol. The molecule has 5 rings (SSSR count). The molecule has 202 valence electrons. The lowest BCUT2D eigenvalue weighted by atomic mass is 10.0. The van der Waals surface area contributed by atoms with Gasteiger partial charge in [0.15, 0.2) is 9.84 Å². The summed E-state index contributed by atoms with van der Waals surface area (Å²) in [5, 5.41) is 9.10. The predicted molar refractivity (Wildman–Crippen MR) is 134 cm³/mol. The number of halogens is 2. The minimum absolute atomic E-state index is 0.0320. The molecule has 2 aromatic rings. The van der Waals surface area contributed by atoms with Crippen LogP contribution in [0.2, 0.25) is 0 Å². The fourth-order valence-corrected chi connectivity index (χ4v) is 6.55. The van der Waals surface area contributed by atoms with Crippen molar-refractivity contribution >= 4 is 21.9 Å². The number of carbonyl (C=O) groups excluding carboxylic acids is 1. The largest absolute Gasteiger partial charge is 0.444 e. The molecule has 2 aliphatic heterocycles. The first-order valence-corrected chi connectivity index (χ1v) is 14.2. The second kappa shape index (κ2) is 9.15. The van der Waals surface area contributed by atoms with Crippen molar-refractivity contribution in [2.45, 2.75) is 75.5 Å². The molecule has 0 radical (unpaired) electrons. The van der Waals surface area contributed by atoms with Crippen molar-refractivity contribution in [1.29, 1.82) is 5.26 Å². The van der Waals surface area contributed by atoms with Gasteiger partial charge in [-0.25, -0.2) is 23.2 Å². The summed E-state index contributed by atoms with van der Waals surface area (Å²) in [4.78, 5) is 24.7. The maximum absolute atomic E-state index is 14.8. The topological polar surface area (TPSA) is 116 Å². The lowest BCUT2D eigenvalue weighted by Gasteiger charge is -2.40. The fourth-order valence-electron chi connectivity index (χ4n) is 5.03. The van der Waals surface area contributed by atoms with Gasteiger partial charge in [-0.2, -0.15) is 14.0 Å². The minimum atomic E-state index is -3.78. The Hall–Kier alpha value is -3.33. The Kier molecular flexibility index (Phi) is 6.33. The molecular formula is C26H29F2N5O4S. The van der Waals surface area contributed by atoms with E-state index in [-0.39, 0.29) is 60.0 Å². The van der Waals surface area contributed by atoms with Crippen molar-refractivity contribution in [3.8, 4) is 17.3 Å². The quantitative estimate of drug-likeness (QED) is 0.564. The van der Waals surface area contributed by atoms with Crippen LogP contribution in [-0.4, -0.2) is 59.9 Å². The summed E-state index contributed by atoms with van der Waals surface area (Å²) in [6.45, 7) is 5.77. The van der Waals surface area contributed by atoms with E-state index in [4.69, 9.17) is 10.00 Å². The zero-order valence-corrected chi connectivity index (χ0v) is 22.3. The van der Waals surface area contributed by atoms with Crippen molar-refractivity contribution in [2.75, 3.05) is 23.7 Å². The van der Waals surface area contributed by atoms with Crippen LogP contribution in [0.15, 0.2) is 23.1 Å². The molecule has 0 spiro atoms. The number of amides is 1. The Morgan fingerprint density at radius 3 is 2.68 bits per heavy atom. The van der Waals surface area contributed by atoms with E-state index in [0.717, 1.165) is 6.42 Å². The van der Waals surface area contributed by atoms with Gasteiger partial charge in [0.2, 0.25) is 5.95 Å². The average Bonchev–Trinajstić information content (AvgIpc) is 3.04. The first kappa shape index (κ1) is 26.3. The molecular weight excluding hydrogens is 516 g/mol. The van der Waals surface area contributed by atoms with Gasteiger partial charge in [-0.3, -0.25) is 0 Å². The number of rotatable bonds is 3. The normalized spacial score (nSPS) is 21.5. The summed E-state index contributed by atoms with van der Waals surface area (Å²) in [5.41, 5.74) is 0.325. The number of aromatic nitrogens is 2. The molecule has 38 heavy (non-hydrogen) atoms. The Labute approximate surface area is 220 Å². The molecule has 1 fully saturated rings. The van der Waals surface area contributed by atoms with Crippen LogP contribution < -0.4 is 4.90 Å². The van der Waals surface area contributed by atoms with E-state index in [0.29, 0.717) is 23.2 Å². The van der Waals surface area contributed by atoms with Gasteiger partial charge in [-0.1, -0.05) is 12.1 Å². The number of carbonyl (C=O) groups is 1. The zero-order chi connectivity index (χ0) is 27.5. The van der Waals surface area contributed by atoms with E-state index in [1.165, 1.54) is 11.0 Å². The molecule has 1 aromatic heterocycles. The lowest BCUT2D eigenvalue weighted by Crippen LogP contribution is -2.48. The van der Waals surface area contributed by atoms with Crippen LogP contribution in [0.5, 0.6) is 0 Å². The number of nitrogens with zero attached hydrogens (tertiary/aromatic N) is 5. The minimum Gasteiger partial charge on any atom is -0.444 e. The Balaban J connectivity index is 1.57. The smallest absolute Gasteiger partial charge is 0.410 e. The first-order chi connectivity index (χ1) is 17.8. The van der Waals surface area contributed by atoms with Gasteiger partial charge in [-0.15, -0.1) is 0 Å². The number of alkyl halides is 2. The number of hydrogen-bond donors (Lipinski definition) is 0. The van der Waals surface area contributed by atoms with Crippen molar-refractivity contribution in [1.82, 2.24) is 14.9 Å². The predicted octanol–water partition coefficient (Wildman–Crippen LogP) is 4.20. The molecule has 12 heteroatoms. The molecule has 3 aliphatic rings. The highest BCUT2D eigenvalue weighted by molar-refractivity contribution is 7.91. The van der Waals surface area contributed by atoms with Gasteiger partial charge in [0.25, 0.3) is 5.92 Å². The second-order valence-electron chi connectivity index (χ2n) is 10.9. The highest BCUT2D eigenvalue weighted by Crippen LogP contribution is 2.45. The molecule has 1 atom stereocenters. The van der Waals surface area contributed by atoms with Crippen LogP contribution in [0.25, 0.3) is 11.3 Å². The molecule has 0 saturated carbocycles. The molecule has 1 amide bonds. The van der Waals surface area contributed by atoms with Crippen LogP contribution in [0.3, 0.4) is 0 Å². The molecule has 1 aliphatic carbocycles. The third-order valence-electron chi connectivity index (χ3n) is 7.08. The van der Waals surface area contributed by atoms with Crippen molar-refractivity contribution in [3.63, 3.8) is 0 Å². The molecule has 0 bridgehead atoms. The van der Waals surface area contributed by atoms with Crippen molar-refractivity contribution in [2.24, 2.45) is 0 Å². The molecule has 1 aromatic carbocycles. The highest BCUT2D eigenvalue weighted by atomic mass is 32.2. The van der Waals surface area contributed by atoms with E-state index in [1.54, 1.807) is 37.8 Å². The van der Waals surface area contributed by atoms with Crippen LogP contribution in [0.4, 0.5) is 19.5 Å². The van der Waals surface area contributed by atoms with E-state index in [2.05, 4.69) is 16.0 Å². The summed E-state index contributed by atoms with van der Waals surface area (Å²) in [6, 6.07) is 6.69. The third kappa shape index (κ3) is 4.79. The molecule has 1 saturated heterocycles. The summed E-state index contributed by atoms with van der Waals surface area (Å²) < 4.78 is 61.6. The van der Waals surface area contributed by atoms with Crippen LogP contribution in [0.1, 0.15) is 56.9 Å². The summed E-state index contributed by atoms with van der Waals surface area (Å²) in [6.07, 6.45) is 0.0353. The number of hydrogen-bond acceptors (Lipinski definition) is 8. The fraction of sp³-hybridized carbons (Fsp3) is 0.538. The molecule has 3 heterocycles. The van der Waals surface area contributed by atoms with E-state index in [9.17, 15) is 22.0 Å². The Bertz CT molecular complexity index is 1450. The molecule has 1 unspecified atom stereocenters. The van der Waals surface area contributed by atoms with Gasteiger partial charge in [-0.05, 0) is 45.2 Å². The molecule has 9 nitrogen and oxygen atoms in total. The summed E-state index contributed by atoms with van der Waals surface area (Å²) in [5.74, 6) is -3.29. The number of nitriles is 1. The first-order valence-electron chi connectivity index (χ1n) is 12.6. The lowest BCUT2D eigenvalue weighted by molar-refractivity contribution is -0.00597. The monoisotopic (exact) mass is 545 g/mol. The Morgan fingerprint density at radius 2 is 2.03 bits per heavy atom. The summed E-state index contributed by atoms with van der Waals surface area (Å²) in [7, 11) is -3.78. The highest BCUT2D eigenvalue weighted by Gasteiger charge is 2.44. The maximum Gasteiger partial charge on any atom is 0.410 e. The van der Waals surface area contributed by atoms with Gasteiger partial charge in [0.1, 0.15) is 11.3 Å². The van der Waals surface area contributed by atoms with Crippen LogP contribution >= 0.6 is 0 Å². The van der Waals surface area contributed by atoms with Crippen LogP contribution in [-0.2, 0) is 33.5 Å². The van der Waals surface area contributed by atoms with Crippen LogP contribution in [0, 0.1) is 11.3 Å². The van der Waals surface area contributed by atoms with Gasteiger partial charge >= 0.3 is 6.09 Å². The number of sulfone groups is 1. The van der Waals surface area contributed by atoms with Crippen molar-refractivity contribution < 1.29 is 26.7 Å². The second-order valence-corrected chi connectivity index (χ2v) is 13.0. The SMILES string of the molecule is CC(C)(C)OC(=O)N1CCS(=O)(=O)c2cc(-c3nc(N4CCC4CC#N)nc4c3CCC4(F)F)ccc2C1. The zero-order valence-electron chi connectivity index (χ0n) is 21.5. The number of ether oxygens (including phenoxy) is 1. The molecule has 0 N–H and O–H groups in total. The van der Waals surface area contributed by atoms with Gasteiger partial charge in [0, 0.05) is 36.7 Å². The number of fused-ring (bicyclic) bond motifs is 2. The number of anilines is 1. The van der Waals surface area contributed by atoms with Crippen molar-refractivity contribution in [3.05, 3.63) is 35.0 Å². The van der Waals surface area contributed by atoms with E-state index in [1.807, 2.05) is 0 Å². The standard InChI is InChI=1S/C26H29F2N5O4S/c1-25(2,3)37-24(34)32-12-13-38(35,36)20-14-16(4-5-17(20)15-32)21-19-6-9-26(27,28)22(19)31-23(30-21)33-11-8-18(33)7-10-29/h4-5,14,18H,6-9,11-13,15H2,1-3H3. The van der Waals surface area contributed by atoms with Gasteiger partial charge in [0.05, 0.1) is 35.4 Å². The van der Waals surface area contributed by atoms with E-state index >= 15 is 0 Å².